The molecular formula is C12H7Cl2IN2O2. The van der Waals surface area contributed by atoms with Crippen molar-refractivity contribution in [2.75, 3.05) is 5.32 Å². The third-order valence-corrected chi connectivity index (χ3v) is 3.60. The highest BCUT2D eigenvalue weighted by Gasteiger charge is 2.11. The van der Waals surface area contributed by atoms with Crippen molar-refractivity contribution in [1.29, 1.82) is 0 Å². The summed E-state index contributed by atoms with van der Waals surface area (Å²) in [5, 5.41) is 14.9. The predicted octanol–water partition coefficient (Wildman–Crippen LogP) is 5.25. The van der Waals surface area contributed by atoms with Gasteiger partial charge in [0, 0.05) is 27.5 Å². The minimum Gasteiger partial charge on any atom is -0.355 e. The van der Waals surface area contributed by atoms with E-state index >= 15 is 0 Å². The number of halogens is 3. The zero-order valence-corrected chi connectivity index (χ0v) is 13.0. The van der Waals surface area contributed by atoms with E-state index < -0.39 is 4.92 Å². The van der Waals surface area contributed by atoms with Crippen LogP contribution in [0.2, 0.25) is 10.0 Å². The lowest BCUT2D eigenvalue weighted by Gasteiger charge is -2.08. The molecule has 0 aromatic heterocycles. The summed E-state index contributed by atoms with van der Waals surface area (Å²) in [7, 11) is 0. The lowest BCUT2D eigenvalue weighted by Crippen LogP contribution is -1.95. The quantitative estimate of drug-likeness (QED) is 0.428. The fraction of sp³-hybridized carbons (Fsp3) is 0. The van der Waals surface area contributed by atoms with Gasteiger partial charge in [0.15, 0.2) is 0 Å². The second-order valence-corrected chi connectivity index (χ2v) is 5.74. The number of anilines is 2. The lowest BCUT2D eigenvalue weighted by atomic mass is 10.2. The third kappa shape index (κ3) is 3.71. The molecule has 0 heterocycles. The standard InChI is InChI=1S/C12H7Cl2IN2O2/c13-7-3-8(14)5-10(4-7)16-9-1-2-12(17(18)19)11(15)6-9/h1-6,16H. The second kappa shape index (κ2) is 5.94. The molecular weight excluding hydrogens is 402 g/mol. The van der Waals surface area contributed by atoms with Crippen LogP contribution in [0.3, 0.4) is 0 Å². The van der Waals surface area contributed by atoms with Gasteiger partial charge >= 0.3 is 0 Å². The van der Waals surface area contributed by atoms with Gasteiger partial charge in [0.1, 0.15) is 0 Å². The van der Waals surface area contributed by atoms with E-state index in [1.54, 1.807) is 30.3 Å². The lowest BCUT2D eigenvalue weighted by molar-refractivity contribution is -0.385. The summed E-state index contributed by atoms with van der Waals surface area (Å²) in [6, 6.07) is 9.86. The number of nitrogens with zero attached hydrogens (tertiary/aromatic N) is 1. The molecule has 19 heavy (non-hydrogen) atoms. The molecule has 0 amide bonds. The predicted molar refractivity (Wildman–Crippen MR) is 85.6 cm³/mol. The van der Waals surface area contributed by atoms with E-state index in [2.05, 4.69) is 5.32 Å². The van der Waals surface area contributed by atoms with Gasteiger partial charge in [0.2, 0.25) is 0 Å². The Morgan fingerprint density at radius 3 is 2.21 bits per heavy atom. The van der Waals surface area contributed by atoms with Crippen LogP contribution in [0.5, 0.6) is 0 Å². The van der Waals surface area contributed by atoms with Crippen LogP contribution in [-0.4, -0.2) is 4.92 Å². The number of rotatable bonds is 3. The van der Waals surface area contributed by atoms with Crippen LogP contribution < -0.4 is 5.32 Å². The van der Waals surface area contributed by atoms with Gasteiger partial charge in [-0.05, 0) is 52.9 Å². The molecule has 0 radical (unpaired) electrons. The van der Waals surface area contributed by atoms with Gasteiger partial charge in [-0.3, -0.25) is 10.1 Å². The minimum absolute atomic E-state index is 0.0790. The fourth-order valence-corrected chi connectivity index (χ4v) is 2.76. The Kier molecular flexibility index (Phi) is 4.49. The zero-order valence-electron chi connectivity index (χ0n) is 9.36. The van der Waals surface area contributed by atoms with Gasteiger partial charge in [-0.25, -0.2) is 0 Å². The molecule has 0 atom stereocenters. The Hall–Kier alpha value is -1.05. The molecule has 0 spiro atoms. The highest BCUT2D eigenvalue weighted by Crippen LogP contribution is 2.28. The summed E-state index contributed by atoms with van der Waals surface area (Å²) in [5.74, 6) is 0. The molecule has 0 unspecified atom stereocenters. The molecule has 98 valence electrons. The van der Waals surface area contributed by atoms with Crippen molar-refractivity contribution in [3.05, 3.63) is 60.1 Å². The number of nitro benzene ring substituents is 1. The maximum Gasteiger partial charge on any atom is 0.282 e. The van der Waals surface area contributed by atoms with Crippen molar-refractivity contribution in [2.24, 2.45) is 0 Å². The van der Waals surface area contributed by atoms with E-state index in [-0.39, 0.29) is 5.69 Å². The van der Waals surface area contributed by atoms with Gasteiger partial charge in [-0.1, -0.05) is 23.2 Å². The Morgan fingerprint density at radius 1 is 1.05 bits per heavy atom. The first kappa shape index (κ1) is 14.4. The van der Waals surface area contributed by atoms with Crippen LogP contribution in [0.4, 0.5) is 17.1 Å². The van der Waals surface area contributed by atoms with Gasteiger partial charge in [0.05, 0.1) is 8.49 Å². The zero-order chi connectivity index (χ0) is 14.0. The Bertz CT molecular complexity index is 629. The van der Waals surface area contributed by atoms with E-state index in [4.69, 9.17) is 23.2 Å². The van der Waals surface area contributed by atoms with Crippen LogP contribution in [0.25, 0.3) is 0 Å². The number of benzene rings is 2. The summed E-state index contributed by atoms with van der Waals surface area (Å²) >= 11 is 13.7. The first-order valence-corrected chi connectivity index (χ1v) is 6.96. The van der Waals surface area contributed by atoms with E-state index in [1.807, 2.05) is 22.6 Å². The second-order valence-electron chi connectivity index (χ2n) is 3.71. The maximum atomic E-state index is 10.7. The van der Waals surface area contributed by atoms with Crippen molar-refractivity contribution < 1.29 is 4.92 Å². The van der Waals surface area contributed by atoms with E-state index in [9.17, 15) is 10.1 Å². The van der Waals surface area contributed by atoms with Crippen molar-refractivity contribution in [2.45, 2.75) is 0 Å². The van der Waals surface area contributed by atoms with Crippen molar-refractivity contribution in [3.63, 3.8) is 0 Å². The Morgan fingerprint density at radius 2 is 1.68 bits per heavy atom. The molecule has 0 fully saturated rings. The highest BCUT2D eigenvalue weighted by molar-refractivity contribution is 14.1. The molecule has 4 nitrogen and oxygen atoms in total. The molecule has 0 bridgehead atoms. The monoisotopic (exact) mass is 408 g/mol. The average molecular weight is 409 g/mol. The largest absolute Gasteiger partial charge is 0.355 e. The minimum atomic E-state index is -0.415. The Balaban J connectivity index is 2.28. The molecule has 2 rings (SSSR count). The first-order valence-electron chi connectivity index (χ1n) is 5.13. The van der Waals surface area contributed by atoms with Crippen LogP contribution in [-0.2, 0) is 0 Å². The topological polar surface area (TPSA) is 55.2 Å². The number of nitro groups is 1. The molecule has 0 aliphatic carbocycles. The molecule has 7 heteroatoms. The fourth-order valence-electron chi connectivity index (χ4n) is 1.53. The average Bonchev–Trinajstić information content (AvgIpc) is 2.26. The van der Waals surface area contributed by atoms with Crippen LogP contribution in [0.1, 0.15) is 0 Å². The molecule has 2 aromatic rings. The molecule has 1 N–H and O–H groups in total. The van der Waals surface area contributed by atoms with E-state index in [0.717, 1.165) is 11.4 Å². The summed E-state index contributed by atoms with van der Waals surface area (Å²) in [6.07, 6.45) is 0. The van der Waals surface area contributed by atoms with Gasteiger partial charge < -0.3 is 5.32 Å². The maximum absolute atomic E-state index is 10.7. The summed E-state index contributed by atoms with van der Waals surface area (Å²) in [5.41, 5.74) is 1.53. The van der Waals surface area contributed by atoms with E-state index in [1.165, 1.54) is 6.07 Å². The molecule has 2 aromatic carbocycles. The molecule has 0 aliphatic heterocycles. The SMILES string of the molecule is O=[N+]([O-])c1ccc(Nc2cc(Cl)cc(Cl)c2)cc1I. The normalized spacial score (nSPS) is 10.3. The number of nitrogens with one attached hydrogen (secondary N) is 1. The van der Waals surface area contributed by atoms with Gasteiger partial charge in [-0.2, -0.15) is 0 Å². The summed E-state index contributed by atoms with van der Waals surface area (Å²) in [6.45, 7) is 0. The van der Waals surface area contributed by atoms with E-state index in [0.29, 0.717) is 13.6 Å². The summed E-state index contributed by atoms with van der Waals surface area (Å²) in [4.78, 5) is 10.3. The number of hydrogen-bond acceptors (Lipinski definition) is 3. The summed E-state index contributed by atoms with van der Waals surface area (Å²) < 4.78 is 0.556. The van der Waals surface area contributed by atoms with Gasteiger partial charge in [0.25, 0.3) is 5.69 Å². The van der Waals surface area contributed by atoms with Crippen molar-refractivity contribution >= 4 is 62.9 Å². The third-order valence-electron chi connectivity index (χ3n) is 2.30. The molecule has 0 saturated carbocycles. The Labute approximate surface area is 133 Å². The number of hydrogen-bond donors (Lipinski definition) is 1. The van der Waals surface area contributed by atoms with Crippen LogP contribution >= 0.6 is 45.8 Å². The van der Waals surface area contributed by atoms with Gasteiger partial charge in [-0.15, -0.1) is 0 Å². The van der Waals surface area contributed by atoms with Crippen LogP contribution in [0, 0.1) is 13.7 Å². The van der Waals surface area contributed by atoms with Crippen molar-refractivity contribution in [1.82, 2.24) is 0 Å². The molecule has 0 saturated heterocycles. The van der Waals surface area contributed by atoms with Crippen LogP contribution in [0.15, 0.2) is 36.4 Å². The van der Waals surface area contributed by atoms with Crippen molar-refractivity contribution in [3.8, 4) is 0 Å². The smallest absolute Gasteiger partial charge is 0.282 e. The first-order chi connectivity index (χ1) is 8.95. The highest BCUT2D eigenvalue weighted by atomic mass is 127. The molecule has 0 aliphatic rings.